The molecule has 1 atom stereocenters. The van der Waals surface area contributed by atoms with Crippen LogP contribution in [0.25, 0.3) is 0 Å². The number of carbonyl (C=O) groups excluding carboxylic acids is 1. The van der Waals surface area contributed by atoms with E-state index in [0.29, 0.717) is 19.0 Å². The van der Waals surface area contributed by atoms with Crippen LogP contribution in [0.3, 0.4) is 0 Å². The monoisotopic (exact) mass is 326 g/mol. The quantitative estimate of drug-likeness (QED) is 0.831. The van der Waals surface area contributed by atoms with Gasteiger partial charge in [0.15, 0.2) is 0 Å². The van der Waals surface area contributed by atoms with Crippen molar-refractivity contribution in [2.24, 2.45) is 5.92 Å². The molecule has 4 nitrogen and oxygen atoms in total. The molecular formula is C17H27ClN2O2. The number of alkyl carbamates (subject to hydrolysis) is 1. The van der Waals surface area contributed by atoms with E-state index >= 15 is 0 Å². The molecule has 0 aliphatic rings. The molecule has 124 valence electrons. The van der Waals surface area contributed by atoms with Crippen molar-refractivity contribution in [3.05, 3.63) is 34.9 Å². The summed E-state index contributed by atoms with van der Waals surface area (Å²) in [5.74, 6) is 0.383. The van der Waals surface area contributed by atoms with Gasteiger partial charge in [0.05, 0.1) is 0 Å². The van der Waals surface area contributed by atoms with E-state index in [2.05, 4.69) is 24.5 Å². The number of amides is 1. The van der Waals surface area contributed by atoms with Gasteiger partial charge < -0.3 is 15.4 Å². The maximum absolute atomic E-state index is 11.7. The van der Waals surface area contributed by atoms with E-state index in [1.165, 1.54) is 0 Å². The molecule has 0 fully saturated rings. The Morgan fingerprint density at radius 1 is 1.32 bits per heavy atom. The lowest BCUT2D eigenvalue weighted by Crippen LogP contribution is -2.45. The van der Waals surface area contributed by atoms with Crippen LogP contribution in [0.1, 0.15) is 40.2 Å². The molecule has 1 rings (SSSR count). The maximum atomic E-state index is 11.7. The second kappa shape index (κ2) is 8.39. The Labute approximate surface area is 138 Å². The summed E-state index contributed by atoms with van der Waals surface area (Å²) in [6.45, 7) is 11.0. The fraction of sp³-hybridized carbons (Fsp3) is 0.588. The fourth-order valence-corrected chi connectivity index (χ4v) is 2.16. The van der Waals surface area contributed by atoms with Crippen molar-refractivity contribution in [3.63, 3.8) is 0 Å². The standard InChI is InChI=1S/C17H27ClN2O2/c1-12(2)15(11-20-16(21)22-17(3,4)5)19-10-13-7-6-8-14(18)9-13/h6-9,12,15,19H,10-11H2,1-5H3,(H,20,21). The number of nitrogens with one attached hydrogen (secondary N) is 2. The molecule has 0 heterocycles. The van der Waals surface area contributed by atoms with Gasteiger partial charge in [-0.05, 0) is 44.4 Å². The first-order valence-electron chi connectivity index (χ1n) is 7.62. The predicted octanol–water partition coefficient (Wildman–Crippen LogP) is 3.98. The van der Waals surface area contributed by atoms with E-state index in [0.717, 1.165) is 10.6 Å². The minimum absolute atomic E-state index is 0.159. The minimum Gasteiger partial charge on any atom is -0.444 e. The molecule has 2 N–H and O–H groups in total. The summed E-state index contributed by atoms with van der Waals surface area (Å²) < 4.78 is 5.25. The highest BCUT2D eigenvalue weighted by molar-refractivity contribution is 6.30. The molecule has 5 heteroatoms. The predicted molar refractivity (Wildman–Crippen MR) is 91.2 cm³/mol. The fourth-order valence-electron chi connectivity index (χ4n) is 1.95. The highest BCUT2D eigenvalue weighted by atomic mass is 35.5. The lowest BCUT2D eigenvalue weighted by molar-refractivity contribution is 0.0519. The number of benzene rings is 1. The van der Waals surface area contributed by atoms with E-state index in [4.69, 9.17) is 16.3 Å². The van der Waals surface area contributed by atoms with Crippen molar-refractivity contribution in [2.75, 3.05) is 6.54 Å². The number of carbonyl (C=O) groups is 1. The first-order chi connectivity index (χ1) is 10.2. The van der Waals surface area contributed by atoms with Gasteiger partial charge in [-0.25, -0.2) is 4.79 Å². The Morgan fingerprint density at radius 2 is 2.00 bits per heavy atom. The summed E-state index contributed by atoms with van der Waals surface area (Å²) in [5.41, 5.74) is 0.640. The summed E-state index contributed by atoms with van der Waals surface area (Å²) in [6.07, 6.45) is -0.386. The normalized spacial score (nSPS) is 13.0. The first kappa shape index (κ1) is 18.8. The second-order valence-electron chi connectivity index (χ2n) is 6.74. The van der Waals surface area contributed by atoms with Crippen molar-refractivity contribution < 1.29 is 9.53 Å². The largest absolute Gasteiger partial charge is 0.444 e. The van der Waals surface area contributed by atoms with Gasteiger partial charge >= 0.3 is 6.09 Å². The molecule has 1 aromatic carbocycles. The molecular weight excluding hydrogens is 300 g/mol. The van der Waals surface area contributed by atoms with E-state index in [1.54, 1.807) is 0 Å². The van der Waals surface area contributed by atoms with Crippen LogP contribution in [0, 0.1) is 5.92 Å². The number of rotatable bonds is 6. The highest BCUT2D eigenvalue weighted by Gasteiger charge is 2.18. The summed E-state index contributed by atoms with van der Waals surface area (Å²) in [4.78, 5) is 11.7. The van der Waals surface area contributed by atoms with Crippen molar-refractivity contribution in [1.29, 1.82) is 0 Å². The Bertz CT molecular complexity index is 484. The molecule has 1 unspecified atom stereocenters. The zero-order chi connectivity index (χ0) is 16.8. The van der Waals surface area contributed by atoms with Gasteiger partial charge in [0.1, 0.15) is 5.60 Å². The number of halogens is 1. The van der Waals surface area contributed by atoms with E-state index in [1.807, 2.05) is 45.0 Å². The third kappa shape index (κ3) is 7.66. The highest BCUT2D eigenvalue weighted by Crippen LogP contribution is 2.11. The van der Waals surface area contributed by atoms with E-state index < -0.39 is 5.60 Å². The van der Waals surface area contributed by atoms with Crippen molar-refractivity contribution in [3.8, 4) is 0 Å². The zero-order valence-electron chi connectivity index (χ0n) is 14.1. The summed E-state index contributed by atoms with van der Waals surface area (Å²) in [7, 11) is 0. The molecule has 0 saturated heterocycles. The van der Waals surface area contributed by atoms with Crippen molar-refractivity contribution >= 4 is 17.7 Å². The lowest BCUT2D eigenvalue weighted by Gasteiger charge is -2.25. The molecule has 0 radical (unpaired) electrons. The summed E-state index contributed by atoms with van der Waals surface area (Å²) in [5, 5.41) is 7.00. The van der Waals surface area contributed by atoms with Crippen molar-refractivity contribution in [2.45, 2.75) is 52.8 Å². The topological polar surface area (TPSA) is 50.4 Å². The van der Waals surface area contributed by atoms with E-state index in [9.17, 15) is 4.79 Å². The average Bonchev–Trinajstić information content (AvgIpc) is 2.36. The van der Waals surface area contributed by atoms with Gasteiger partial charge in [-0.2, -0.15) is 0 Å². The van der Waals surface area contributed by atoms with Gasteiger partial charge in [0.25, 0.3) is 0 Å². The van der Waals surface area contributed by atoms with Crippen LogP contribution >= 0.6 is 11.6 Å². The van der Waals surface area contributed by atoms with Crippen LogP contribution in [0.5, 0.6) is 0 Å². The molecule has 0 spiro atoms. The number of ether oxygens (including phenoxy) is 1. The Balaban J connectivity index is 2.47. The average molecular weight is 327 g/mol. The third-order valence-corrected chi connectivity index (χ3v) is 3.36. The van der Waals surface area contributed by atoms with Crippen LogP contribution in [-0.4, -0.2) is 24.3 Å². The molecule has 0 aliphatic heterocycles. The van der Waals surface area contributed by atoms with E-state index in [-0.39, 0.29) is 12.1 Å². The van der Waals surface area contributed by atoms with Crippen LogP contribution in [0.15, 0.2) is 24.3 Å². The Hall–Kier alpha value is -1.26. The Kier molecular flexibility index (Phi) is 7.17. The molecule has 1 amide bonds. The lowest BCUT2D eigenvalue weighted by atomic mass is 10.0. The van der Waals surface area contributed by atoms with Crippen molar-refractivity contribution in [1.82, 2.24) is 10.6 Å². The number of hydrogen-bond acceptors (Lipinski definition) is 3. The molecule has 0 bridgehead atoms. The Morgan fingerprint density at radius 3 is 2.55 bits per heavy atom. The van der Waals surface area contributed by atoms with Gasteiger partial charge in [-0.1, -0.05) is 37.6 Å². The molecule has 1 aromatic rings. The molecule has 22 heavy (non-hydrogen) atoms. The van der Waals surface area contributed by atoms with Gasteiger partial charge in [0, 0.05) is 24.2 Å². The molecule has 0 aromatic heterocycles. The SMILES string of the molecule is CC(C)C(CNC(=O)OC(C)(C)C)NCc1cccc(Cl)c1. The van der Waals surface area contributed by atoms with Gasteiger partial charge in [-0.3, -0.25) is 0 Å². The zero-order valence-corrected chi connectivity index (χ0v) is 14.8. The summed E-state index contributed by atoms with van der Waals surface area (Å²) in [6, 6.07) is 7.91. The van der Waals surface area contributed by atoms with Crippen LogP contribution in [-0.2, 0) is 11.3 Å². The molecule has 0 aliphatic carbocycles. The van der Waals surface area contributed by atoms with Gasteiger partial charge in [-0.15, -0.1) is 0 Å². The van der Waals surface area contributed by atoms with Gasteiger partial charge in [0.2, 0.25) is 0 Å². The van der Waals surface area contributed by atoms with Crippen LogP contribution < -0.4 is 10.6 Å². The first-order valence-corrected chi connectivity index (χ1v) is 8.00. The smallest absolute Gasteiger partial charge is 0.407 e. The number of hydrogen-bond donors (Lipinski definition) is 2. The second-order valence-corrected chi connectivity index (χ2v) is 7.18. The summed E-state index contributed by atoms with van der Waals surface area (Å²) >= 11 is 5.99. The van der Waals surface area contributed by atoms with Crippen LogP contribution in [0.4, 0.5) is 4.79 Å². The maximum Gasteiger partial charge on any atom is 0.407 e. The molecule has 0 saturated carbocycles. The minimum atomic E-state index is -0.481. The van der Waals surface area contributed by atoms with Crippen LogP contribution in [0.2, 0.25) is 5.02 Å². The third-order valence-electron chi connectivity index (χ3n) is 3.13.